The molecule has 3 aliphatic rings. The van der Waals surface area contributed by atoms with E-state index in [-0.39, 0.29) is 23.5 Å². The van der Waals surface area contributed by atoms with E-state index in [1.54, 1.807) is 6.07 Å². The zero-order valence-electron chi connectivity index (χ0n) is 18.4. The third-order valence-electron chi connectivity index (χ3n) is 7.53. The zero-order chi connectivity index (χ0) is 22.5. The van der Waals surface area contributed by atoms with Gasteiger partial charge < -0.3 is 19.3 Å². The standard InChI is InChI=1S/C24H30O7/c1-12(25)29-21-20-19-7-5-15-11-16(28)6-8-17(15)18(19)9-10-24(20,4)23(31-14(3)27)22(21)30-13(2)26/h6,8,11,18-23,28H,5,7,9-10H2,1-4H3/t18-,19-,20-,21?,22?,23?,24+/m1/s1. The van der Waals surface area contributed by atoms with Crippen molar-refractivity contribution in [2.45, 2.75) is 77.6 Å². The summed E-state index contributed by atoms with van der Waals surface area (Å²) in [6.07, 6.45) is 1.10. The number of rotatable bonds is 3. The summed E-state index contributed by atoms with van der Waals surface area (Å²) in [5.74, 6) is -0.823. The van der Waals surface area contributed by atoms with Gasteiger partial charge in [0.2, 0.25) is 0 Å². The van der Waals surface area contributed by atoms with Gasteiger partial charge in [0.15, 0.2) is 6.10 Å². The SMILES string of the molecule is CC(=O)OC1C(OC(C)=O)[C@H]2[C@@H]3CCc4cc(O)ccc4[C@H]3CC[C@]2(C)C1OC(C)=O. The summed E-state index contributed by atoms with van der Waals surface area (Å²) in [5.41, 5.74) is 1.89. The number of fused-ring (bicyclic) bond motifs is 5. The van der Waals surface area contributed by atoms with Crippen LogP contribution in [0.3, 0.4) is 0 Å². The highest BCUT2D eigenvalue weighted by Crippen LogP contribution is 2.62. The Hall–Kier alpha value is -2.57. The molecule has 0 aromatic heterocycles. The summed E-state index contributed by atoms with van der Waals surface area (Å²) in [7, 11) is 0. The van der Waals surface area contributed by atoms with Crippen LogP contribution >= 0.6 is 0 Å². The molecule has 7 nitrogen and oxygen atoms in total. The molecule has 0 amide bonds. The van der Waals surface area contributed by atoms with Crippen LogP contribution in [-0.4, -0.2) is 41.3 Å². The average molecular weight is 430 g/mol. The lowest BCUT2D eigenvalue weighted by molar-refractivity contribution is -0.178. The smallest absolute Gasteiger partial charge is 0.303 e. The van der Waals surface area contributed by atoms with Crippen molar-refractivity contribution in [2.75, 3.05) is 0 Å². The molecule has 7 atom stereocenters. The van der Waals surface area contributed by atoms with Crippen molar-refractivity contribution in [1.82, 2.24) is 0 Å². The number of aryl methyl sites for hydroxylation is 1. The molecule has 0 bridgehead atoms. The summed E-state index contributed by atoms with van der Waals surface area (Å²) in [4.78, 5) is 35.9. The van der Waals surface area contributed by atoms with Gasteiger partial charge in [0.25, 0.3) is 0 Å². The van der Waals surface area contributed by atoms with Crippen molar-refractivity contribution in [2.24, 2.45) is 17.3 Å². The largest absolute Gasteiger partial charge is 0.508 e. The molecular formula is C24H30O7. The van der Waals surface area contributed by atoms with E-state index >= 15 is 0 Å². The van der Waals surface area contributed by atoms with Gasteiger partial charge in [0, 0.05) is 32.1 Å². The van der Waals surface area contributed by atoms with E-state index in [0.29, 0.717) is 0 Å². The average Bonchev–Trinajstić information content (AvgIpc) is 2.88. The minimum absolute atomic E-state index is 0.120. The molecule has 3 aliphatic carbocycles. The monoisotopic (exact) mass is 430 g/mol. The highest BCUT2D eigenvalue weighted by Gasteiger charge is 2.67. The third kappa shape index (κ3) is 3.68. The van der Waals surface area contributed by atoms with Gasteiger partial charge in [-0.3, -0.25) is 14.4 Å². The van der Waals surface area contributed by atoms with Gasteiger partial charge >= 0.3 is 17.9 Å². The minimum atomic E-state index is -0.833. The lowest BCUT2D eigenvalue weighted by Crippen LogP contribution is -2.47. The van der Waals surface area contributed by atoms with Crippen LogP contribution in [-0.2, 0) is 35.0 Å². The second kappa shape index (κ2) is 7.84. The minimum Gasteiger partial charge on any atom is -0.508 e. The first-order valence-corrected chi connectivity index (χ1v) is 10.9. The molecule has 4 rings (SSSR count). The molecule has 3 unspecified atom stereocenters. The number of aromatic hydroxyl groups is 1. The van der Waals surface area contributed by atoms with E-state index in [9.17, 15) is 19.5 Å². The molecule has 1 aromatic carbocycles. The quantitative estimate of drug-likeness (QED) is 0.580. The molecule has 7 heteroatoms. The summed E-state index contributed by atoms with van der Waals surface area (Å²) in [6, 6.07) is 5.55. The summed E-state index contributed by atoms with van der Waals surface area (Å²) in [5, 5.41) is 9.90. The Balaban J connectivity index is 1.78. The van der Waals surface area contributed by atoms with Gasteiger partial charge in [0.1, 0.15) is 18.0 Å². The van der Waals surface area contributed by atoms with Crippen molar-refractivity contribution in [1.29, 1.82) is 0 Å². The normalized spacial score (nSPS) is 35.9. The zero-order valence-corrected chi connectivity index (χ0v) is 18.4. The van der Waals surface area contributed by atoms with Gasteiger partial charge in [-0.15, -0.1) is 0 Å². The maximum absolute atomic E-state index is 12.0. The van der Waals surface area contributed by atoms with Crippen molar-refractivity contribution < 1.29 is 33.7 Å². The predicted octanol–water partition coefficient (Wildman–Crippen LogP) is 3.26. The molecule has 31 heavy (non-hydrogen) atoms. The fourth-order valence-corrected chi connectivity index (χ4v) is 6.58. The van der Waals surface area contributed by atoms with Crippen LogP contribution in [0.2, 0.25) is 0 Å². The van der Waals surface area contributed by atoms with Crippen molar-refractivity contribution in [3.8, 4) is 5.75 Å². The van der Waals surface area contributed by atoms with Gasteiger partial charge in [-0.2, -0.15) is 0 Å². The number of hydrogen-bond acceptors (Lipinski definition) is 7. The topological polar surface area (TPSA) is 99.1 Å². The van der Waals surface area contributed by atoms with Crippen LogP contribution < -0.4 is 0 Å². The van der Waals surface area contributed by atoms with Gasteiger partial charge in [-0.25, -0.2) is 0 Å². The Kier molecular flexibility index (Phi) is 5.48. The number of hydrogen-bond donors (Lipinski definition) is 1. The molecule has 1 N–H and O–H groups in total. The fraction of sp³-hybridized carbons (Fsp3) is 0.625. The lowest BCUT2D eigenvalue weighted by Gasteiger charge is -2.50. The Morgan fingerprint density at radius 2 is 1.61 bits per heavy atom. The predicted molar refractivity (Wildman–Crippen MR) is 110 cm³/mol. The first-order valence-electron chi connectivity index (χ1n) is 10.9. The second-order valence-electron chi connectivity index (χ2n) is 9.44. The number of carbonyl (C=O) groups is 3. The first-order chi connectivity index (χ1) is 14.6. The molecular weight excluding hydrogens is 400 g/mol. The number of carbonyl (C=O) groups excluding carboxylic acids is 3. The second-order valence-corrected chi connectivity index (χ2v) is 9.44. The molecule has 0 radical (unpaired) electrons. The highest BCUT2D eigenvalue weighted by atomic mass is 16.6. The summed E-state index contributed by atoms with van der Waals surface area (Å²) < 4.78 is 17.1. The van der Waals surface area contributed by atoms with E-state index in [1.165, 1.54) is 26.3 Å². The van der Waals surface area contributed by atoms with Gasteiger partial charge in [-0.1, -0.05) is 13.0 Å². The maximum atomic E-state index is 12.0. The highest BCUT2D eigenvalue weighted by molar-refractivity contribution is 5.69. The van der Waals surface area contributed by atoms with Gasteiger partial charge in [0.05, 0.1) is 0 Å². The first kappa shape index (κ1) is 21.7. The van der Waals surface area contributed by atoms with Crippen LogP contribution in [0.25, 0.3) is 0 Å². The maximum Gasteiger partial charge on any atom is 0.303 e. The Labute approximate surface area is 182 Å². The van der Waals surface area contributed by atoms with E-state index in [0.717, 1.165) is 31.2 Å². The molecule has 2 saturated carbocycles. The number of ether oxygens (including phenoxy) is 3. The number of phenols is 1. The molecule has 0 heterocycles. The summed E-state index contributed by atoms with van der Waals surface area (Å²) >= 11 is 0. The third-order valence-corrected chi connectivity index (χ3v) is 7.53. The van der Waals surface area contributed by atoms with E-state index in [1.807, 2.05) is 12.1 Å². The van der Waals surface area contributed by atoms with Crippen LogP contribution in [0.1, 0.15) is 64.0 Å². The molecule has 0 aliphatic heterocycles. The van der Waals surface area contributed by atoms with Crippen molar-refractivity contribution in [3.05, 3.63) is 29.3 Å². The lowest BCUT2D eigenvalue weighted by atomic mass is 9.55. The number of phenolic OH excluding ortho intramolecular Hbond substituents is 1. The van der Waals surface area contributed by atoms with Crippen LogP contribution in [0.5, 0.6) is 5.75 Å². The Morgan fingerprint density at radius 1 is 0.968 bits per heavy atom. The molecule has 168 valence electrons. The van der Waals surface area contributed by atoms with E-state index < -0.39 is 41.6 Å². The summed E-state index contributed by atoms with van der Waals surface area (Å²) in [6.45, 7) is 6.07. The van der Waals surface area contributed by atoms with Crippen LogP contribution in [0, 0.1) is 17.3 Å². The van der Waals surface area contributed by atoms with E-state index in [2.05, 4.69) is 6.92 Å². The van der Waals surface area contributed by atoms with Gasteiger partial charge in [-0.05, 0) is 60.8 Å². The molecule has 0 spiro atoms. The van der Waals surface area contributed by atoms with Crippen LogP contribution in [0.4, 0.5) is 0 Å². The molecule has 1 aromatic rings. The Morgan fingerprint density at radius 3 is 2.26 bits per heavy atom. The number of esters is 3. The Bertz CT molecular complexity index is 909. The number of benzene rings is 1. The van der Waals surface area contributed by atoms with E-state index in [4.69, 9.17) is 14.2 Å². The van der Waals surface area contributed by atoms with Crippen LogP contribution in [0.15, 0.2) is 18.2 Å². The molecule has 2 fully saturated rings. The molecule has 0 saturated heterocycles. The van der Waals surface area contributed by atoms with Crippen molar-refractivity contribution in [3.63, 3.8) is 0 Å². The fourth-order valence-electron chi connectivity index (χ4n) is 6.58. The van der Waals surface area contributed by atoms with Crippen molar-refractivity contribution >= 4 is 17.9 Å².